The van der Waals surface area contributed by atoms with Crippen LogP contribution in [0.25, 0.3) is 55.6 Å². The molecule has 0 fully saturated rings. The number of hydrogen-bond donors (Lipinski definition) is 0. The fraction of sp³-hybridized carbons (Fsp3) is 0.261. The van der Waals surface area contributed by atoms with E-state index in [4.69, 9.17) is 9.97 Å². The molecule has 48 heavy (non-hydrogen) atoms. The monoisotopic (exact) mass is 628 g/mol. The van der Waals surface area contributed by atoms with Crippen molar-refractivity contribution in [3.8, 4) is 55.6 Å². The zero-order valence-corrected chi connectivity index (χ0v) is 30.8. The molecule has 0 aliphatic carbocycles. The van der Waals surface area contributed by atoms with Crippen molar-refractivity contribution in [3.05, 3.63) is 140 Å². The Hall–Kier alpha value is -4.82. The number of pyridine rings is 2. The molecule has 0 aliphatic rings. The van der Waals surface area contributed by atoms with Gasteiger partial charge in [-0.25, -0.2) is 0 Å². The molecule has 0 atom stereocenters. The van der Waals surface area contributed by atoms with Gasteiger partial charge in [0.2, 0.25) is 0 Å². The average molecular weight is 629 g/mol. The van der Waals surface area contributed by atoms with Crippen LogP contribution in [-0.2, 0) is 0 Å². The quantitative estimate of drug-likeness (QED) is 0.190. The summed E-state index contributed by atoms with van der Waals surface area (Å²) in [5.41, 5.74) is 26.7. The number of hydrogen-bond acceptors (Lipinski definition) is 2. The number of benzene rings is 4. The number of nitrogens with zero attached hydrogens (tertiary/aromatic N) is 2. The predicted molar refractivity (Wildman–Crippen MR) is 206 cm³/mol. The summed E-state index contributed by atoms with van der Waals surface area (Å²) in [5, 5.41) is 0. The largest absolute Gasteiger partial charge is 0.258 e. The van der Waals surface area contributed by atoms with E-state index in [1.807, 2.05) is 0 Å². The molecule has 0 radical (unpaired) electrons. The van der Waals surface area contributed by atoms with E-state index >= 15 is 0 Å². The van der Waals surface area contributed by atoms with E-state index in [2.05, 4.69) is 156 Å². The zero-order valence-electron chi connectivity index (χ0n) is 30.8. The minimum absolute atomic E-state index is 1.06. The van der Waals surface area contributed by atoms with E-state index in [1.54, 1.807) is 0 Å². The Labute approximate surface area is 288 Å². The Morgan fingerprint density at radius 2 is 0.583 bits per heavy atom. The molecule has 0 bridgehead atoms. The molecule has 0 saturated carbocycles. The fourth-order valence-corrected chi connectivity index (χ4v) is 7.15. The van der Waals surface area contributed by atoms with Crippen molar-refractivity contribution in [3.63, 3.8) is 0 Å². The normalized spacial score (nSPS) is 11.3. The van der Waals surface area contributed by atoms with Gasteiger partial charge in [-0.15, -0.1) is 0 Å². The van der Waals surface area contributed by atoms with Crippen LogP contribution in [0.1, 0.15) is 67.3 Å². The summed E-state index contributed by atoms with van der Waals surface area (Å²) in [7, 11) is 0. The first-order chi connectivity index (χ1) is 22.7. The van der Waals surface area contributed by atoms with Crippen LogP contribution in [0, 0.1) is 83.1 Å². The van der Waals surface area contributed by atoms with Crippen LogP contribution in [-0.4, -0.2) is 9.97 Å². The van der Waals surface area contributed by atoms with E-state index in [0.717, 1.165) is 22.8 Å². The summed E-state index contributed by atoms with van der Waals surface area (Å²) >= 11 is 0. The second-order valence-electron chi connectivity index (χ2n) is 14.0. The molecule has 242 valence electrons. The maximum atomic E-state index is 5.00. The molecule has 0 saturated heterocycles. The molecule has 6 aromatic rings. The summed E-state index contributed by atoms with van der Waals surface area (Å²) in [4.78, 5) is 10.0. The lowest BCUT2D eigenvalue weighted by molar-refractivity contribution is 1.07. The van der Waals surface area contributed by atoms with E-state index in [-0.39, 0.29) is 0 Å². The van der Waals surface area contributed by atoms with E-state index in [1.165, 1.54) is 100 Å². The molecule has 2 heterocycles. The molecule has 2 nitrogen and oxygen atoms in total. The second kappa shape index (κ2) is 12.7. The standard InChI is InChI=1S/C46H48N2/c1-25-13-15-37(17-27(25)3)39-19-40(38-16-14-26(2)28(4)18-38)21-41(20-39)42-22-43(45-31(7)29(5)33(9)47-35(45)11)24-44(23-42)46-32(8)30(6)34(10)48-36(46)12/h13-24H,1-12H3. The highest BCUT2D eigenvalue weighted by molar-refractivity contribution is 5.88. The van der Waals surface area contributed by atoms with Gasteiger partial charge in [0.1, 0.15) is 0 Å². The molecular formula is C46H48N2. The maximum absolute atomic E-state index is 5.00. The molecule has 0 unspecified atom stereocenters. The third kappa shape index (κ3) is 6.01. The highest BCUT2D eigenvalue weighted by Gasteiger charge is 2.19. The summed E-state index contributed by atoms with van der Waals surface area (Å²) in [5.74, 6) is 0. The molecule has 4 aromatic carbocycles. The summed E-state index contributed by atoms with van der Waals surface area (Å²) in [6.07, 6.45) is 0. The SMILES string of the molecule is Cc1ccc(-c2cc(-c3cc(-c4c(C)nc(C)c(C)c4C)cc(-c4c(C)nc(C)c(C)c4C)c3)cc(-c3ccc(C)c(C)c3)c2)cc1C. The van der Waals surface area contributed by atoms with E-state index < -0.39 is 0 Å². The lowest BCUT2D eigenvalue weighted by atomic mass is 9.86. The van der Waals surface area contributed by atoms with Crippen molar-refractivity contribution < 1.29 is 0 Å². The lowest BCUT2D eigenvalue weighted by Crippen LogP contribution is -2.02. The third-order valence-corrected chi connectivity index (χ3v) is 10.8. The fourth-order valence-electron chi connectivity index (χ4n) is 7.15. The number of aromatic nitrogens is 2. The van der Waals surface area contributed by atoms with Crippen LogP contribution in [0.4, 0.5) is 0 Å². The Balaban J connectivity index is 1.69. The van der Waals surface area contributed by atoms with Crippen molar-refractivity contribution in [2.75, 3.05) is 0 Å². The van der Waals surface area contributed by atoms with Gasteiger partial charge in [0.25, 0.3) is 0 Å². The van der Waals surface area contributed by atoms with Gasteiger partial charge < -0.3 is 0 Å². The molecule has 0 aliphatic heterocycles. The van der Waals surface area contributed by atoms with Crippen molar-refractivity contribution >= 4 is 0 Å². The van der Waals surface area contributed by atoms with Crippen LogP contribution < -0.4 is 0 Å². The molecular weight excluding hydrogens is 581 g/mol. The summed E-state index contributed by atoms with van der Waals surface area (Å²) in [6.45, 7) is 26.1. The van der Waals surface area contributed by atoms with E-state index in [0.29, 0.717) is 0 Å². The smallest absolute Gasteiger partial charge is 0.0457 e. The topological polar surface area (TPSA) is 25.8 Å². The van der Waals surface area contributed by atoms with Gasteiger partial charge in [0.15, 0.2) is 0 Å². The van der Waals surface area contributed by atoms with E-state index in [9.17, 15) is 0 Å². The van der Waals surface area contributed by atoms with Crippen molar-refractivity contribution in [2.24, 2.45) is 0 Å². The van der Waals surface area contributed by atoms with Gasteiger partial charge in [-0.05, 0) is 208 Å². The van der Waals surface area contributed by atoms with Crippen LogP contribution >= 0.6 is 0 Å². The Bertz CT molecular complexity index is 2100. The first-order valence-corrected chi connectivity index (χ1v) is 17.1. The molecule has 2 heteroatoms. The van der Waals surface area contributed by atoms with Crippen LogP contribution in [0.2, 0.25) is 0 Å². The molecule has 0 amide bonds. The van der Waals surface area contributed by atoms with Gasteiger partial charge in [-0.1, -0.05) is 36.4 Å². The third-order valence-electron chi connectivity index (χ3n) is 10.8. The highest BCUT2D eigenvalue weighted by atomic mass is 14.7. The number of aryl methyl sites for hydroxylation is 8. The summed E-state index contributed by atoms with van der Waals surface area (Å²) < 4.78 is 0. The lowest BCUT2D eigenvalue weighted by Gasteiger charge is -2.20. The average Bonchev–Trinajstić information content (AvgIpc) is 3.05. The first kappa shape index (κ1) is 33.1. The predicted octanol–water partition coefficient (Wildman–Crippen LogP) is 12.5. The zero-order chi connectivity index (χ0) is 34.6. The second-order valence-corrected chi connectivity index (χ2v) is 14.0. The number of rotatable bonds is 5. The maximum Gasteiger partial charge on any atom is 0.0457 e. The van der Waals surface area contributed by atoms with Crippen molar-refractivity contribution in [1.29, 1.82) is 0 Å². The highest BCUT2D eigenvalue weighted by Crippen LogP contribution is 2.41. The minimum atomic E-state index is 1.06. The molecule has 0 N–H and O–H groups in total. The van der Waals surface area contributed by atoms with Crippen LogP contribution in [0.15, 0.2) is 72.8 Å². The van der Waals surface area contributed by atoms with Crippen LogP contribution in [0.3, 0.4) is 0 Å². The van der Waals surface area contributed by atoms with Gasteiger partial charge >= 0.3 is 0 Å². The van der Waals surface area contributed by atoms with Crippen LogP contribution in [0.5, 0.6) is 0 Å². The molecule has 2 aromatic heterocycles. The Morgan fingerprint density at radius 3 is 0.938 bits per heavy atom. The molecule has 0 spiro atoms. The minimum Gasteiger partial charge on any atom is -0.258 e. The van der Waals surface area contributed by atoms with Gasteiger partial charge in [0, 0.05) is 33.9 Å². The van der Waals surface area contributed by atoms with Gasteiger partial charge in [0.05, 0.1) is 0 Å². The Kier molecular flexibility index (Phi) is 8.73. The summed E-state index contributed by atoms with van der Waals surface area (Å²) in [6, 6.07) is 27.8. The van der Waals surface area contributed by atoms with Gasteiger partial charge in [-0.3, -0.25) is 9.97 Å². The first-order valence-electron chi connectivity index (χ1n) is 17.1. The Morgan fingerprint density at radius 1 is 0.271 bits per heavy atom. The van der Waals surface area contributed by atoms with Gasteiger partial charge in [-0.2, -0.15) is 0 Å². The van der Waals surface area contributed by atoms with Crippen molar-refractivity contribution in [1.82, 2.24) is 9.97 Å². The molecule has 6 rings (SSSR count). The van der Waals surface area contributed by atoms with Crippen molar-refractivity contribution in [2.45, 2.75) is 83.1 Å².